The van der Waals surface area contributed by atoms with Gasteiger partial charge in [0.25, 0.3) is 0 Å². The molecule has 0 saturated carbocycles. The molecule has 0 fully saturated rings. The predicted molar refractivity (Wildman–Crippen MR) is 109 cm³/mol. The third-order valence-corrected chi connectivity index (χ3v) is 5.32. The number of benzene rings is 1. The van der Waals surface area contributed by atoms with Gasteiger partial charge in [0.05, 0.1) is 22.4 Å². The number of hydrogen-bond acceptors (Lipinski definition) is 3. The zero-order valence-electron chi connectivity index (χ0n) is 17.1. The van der Waals surface area contributed by atoms with E-state index in [1.807, 2.05) is 13.8 Å². The molecule has 3 N–H and O–H groups in total. The van der Waals surface area contributed by atoms with Gasteiger partial charge in [0.2, 0.25) is 5.91 Å². The summed E-state index contributed by atoms with van der Waals surface area (Å²) in [6, 6.07) is 5.82. The Hall–Kier alpha value is -2.06. The van der Waals surface area contributed by atoms with Crippen molar-refractivity contribution in [1.82, 2.24) is 15.1 Å². The zero-order valence-corrected chi connectivity index (χ0v) is 17.9. The summed E-state index contributed by atoms with van der Waals surface area (Å²) in [6.07, 6.45) is -3.50. The van der Waals surface area contributed by atoms with Crippen LogP contribution in [-0.2, 0) is 17.5 Å². The maximum atomic E-state index is 13.6. The van der Waals surface area contributed by atoms with Gasteiger partial charge in [0.15, 0.2) is 0 Å². The molecule has 0 bridgehead atoms. The number of hydrogen-bond donors (Lipinski definition) is 2. The van der Waals surface area contributed by atoms with E-state index in [9.17, 15) is 18.0 Å². The van der Waals surface area contributed by atoms with Crippen molar-refractivity contribution >= 4 is 18.3 Å². The lowest BCUT2D eigenvalue weighted by Gasteiger charge is -2.28. The largest absolute Gasteiger partial charge is 0.416 e. The maximum absolute atomic E-state index is 13.6. The maximum Gasteiger partial charge on any atom is 0.416 e. The third kappa shape index (κ3) is 5.30. The lowest BCUT2D eigenvalue weighted by atomic mass is 9.81. The fourth-order valence-corrected chi connectivity index (χ4v) is 3.32. The Balaban J connectivity index is 0.00000420. The van der Waals surface area contributed by atoms with E-state index in [1.165, 1.54) is 10.7 Å². The number of amides is 1. The van der Waals surface area contributed by atoms with Crippen molar-refractivity contribution < 1.29 is 18.0 Å². The molecule has 1 aromatic heterocycles. The second kappa shape index (κ2) is 9.63. The zero-order chi connectivity index (χ0) is 21.1. The number of rotatable bonds is 7. The minimum absolute atomic E-state index is 0. The van der Waals surface area contributed by atoms with Crippen LogP contribution in [0.25, 0.3) is 5.69 Å². The van der Waals surface area contributed by atoms with Crippen molar-refractivity contribution in [3.8, 4) is 5.69 Å². The van der Waals surface area contributed by atoms with Gasteiger partial charge < -0.3 is 11.1 Å². The first-order valence-electron chi connectivity index (χ1n) is 9.30. The van der Waals surface area contributed by atoms with E-state index in [4.69, 9.17) is 5.73 Å². The van der Waals surface area contributed by atoms with Gasteiger partial charge in [-0.1, -0.05) is 19.9 Å². The van der Waals surface area contributed by atoms with Crippen molar-refractivity contribution in [1.29, 1.82) is 0 Å². The topological polar surface area (TPSA) is 72.9 Å². The van der Waals surface area contributed by atoms with E-state index in [-0.39, 0.29) is 37.0 Å². The molecule has 2 rings (SSSR count). The summed E-state index contributed by atoms with van der Waals surface area (Å²) in [5.41, 5.74) is 5.99. The lowest BCUT2D eigenvalue weighted by molar-refractivity contribution is -0.139. The van der Waals surface area contributed by atoms with Crippen LogP contribution in [0.3, 0.4) is 0 Å². The highest BCUT2D eigenvalue weighted by Crippen LogP contribution is 2.34. The van der Waals surface area contributed by atoms with E-state index in [0.29, 0.717) is 18.5 Å². The van der Waals surface area contributed by atoms with Crippen LogP contribution < -0.4 is 11.1 Å². The SMILES string of the molecule is CCC(CC)(CN)C(=O)NCc1ccc(-n2nc(C)cc2C)cc1C(F)(F)F.Cl. The molecule has 0 atom stereocenters. The number of alkyl halides is 3. The Morgan fingerprint density at radius 2 is 1.79 bits per heavy atom. The fraction of sp³-hybridized carbons (Fsp3) is 0.500. The highest BCUT2D eigenvalue weighted by molar-refractivity contribution is 5.85. The minimum Gasteiger partial charge on any atom is -0.351 e. The van der Waals surface area contributed by atoms with Crippen LogP contribution in [0.1, 0.15) is 49.2 Å². The summed E-state index contributed by atoms with van der Waals surface area (Å²) in [5.74, 6) is -0.323. The van der Waals surface area contributed by atoms with E-state index < -0.39 is 17.2 Å². The summed E-state index contributed by atoms with van der Waals surface area (Å²) in [5, 5.41) is 6.88. The van der Waals surface area contributed by atoms with Crippen LogP contribution in [0, 0.1) is 19.3 Å². The first kappa shape index (κ1) is 25.0. The van der Waals surface area contributed by atoms with Crippen molar-refractivity contribution in [2.45, 2.75) is 53.3 Å². The molecule has 0 aliphatic heterocycles. The van der Waals surface area contributed by atoms with Crippen LogP contribution in [0.15, 0.2) is 24.3 Å². The fourth-order valence-electron chi connectivity index (χ4n) is 3.32. The molecule has 0 unspecified atom stereocenters. The highest BCUT2D eigenvalue weighted by Gasteiger charge is 2.36. The lowest BCUT2D eigenvalue weighted by Crippen LogP contribution is -2.45. The molecule has 5 nitrogen and oxygen atoms in total. The number of aryl methyl sites for hydroxylation is 2. The first-order chi connectivity index (χ1) is 13.1. The standard InChI is InChI=1S/C20H27F3N4O.ClH/c1-5-19(6-2,12-24)18(28)25-11-15-7-8-16(10-17(15)20(21,22)23)27-14(4)9-13(3)26-27;/h7-10H,5-6,11-12,24H2,1-4H3,(H,25,28);1H. The van der Waals surface area contributed by atoms with Gasteiger partial charge >= 0.3 is 6.18 Å². The summed E-state index contributed by atoms with van der Waals surface area (Å²) >= 11 is 0. The molecular weight excluding hydrogens is 405 g/mol. The Bertz CT molecular complexity index is 836. The molecule has 9 heteroatoms. The molecule has 2 aromatic rings. The summed E-state index contributed by atoms with van der Waals surface area (Å²) in [4.78, 5) is 12.5. The normalized spacial score (nSPS) is 11.9. The van der Waals surface area contributed by atoms with Crippen molar-refractivity contribution in [3.05, 3.63) is 46.8 Å². The van der Waals surface area contributed by atoms with Crippen LogP contribution in [-0.4, -0.2) is 22.2 Å². The Kier molecular flexibility index (Phi) is 8.29. The van der Waals surface area contributed by atoms with Crippen molar-refractivity contribution in [3.63, 3.8) is 0 Å². The van der Waals surface area contributed by atoms with Crippen molar-refractivity contribution in [2.75, 3.05) is 6.54 Å². The van der Waals surface area contributed by atoms with Gasteiger partial charge in [0.1, 0.15) is 0 Å². The average molecular weight is 433 g/mol. The predicted octanol–water partition coefficient (Wildman–Crippen LogP) is 4.31. The van der Waals surface area contributed by atoms with Gasteiger partial charge in [-0.3, -0.25) is 4.79 Å². The van der Waals surface area contributed by atoms with E-state index >= 15 is 0 Å². The number of nitrogens with one attached hydrogen (secondary N) is 1. The Labute approximate surface area is 175 Å². The second-order valence-electron chi connectivity index (χ2n) is 7.05. The number of halogens is 4. The van der Waals surface area contributed by atoms with Crippen LogP contribution >= 0.6 is 12.4 Å². The van der Waals surface area contributed by atoms with Gasteiger partial charge in [-0.25, -0.2) is 4.68 Å². The summed E-state index contributed by atoms with van der Waals surface area (Å²) in [7, 11) is 0. The average Bonchev–Trinajstić information content (AvgIpc) is 2.99. The molecule has 0 spiro atoms. The van der Waals surface area contributed by atoms with Crippen LogP contribution in [0.4, 0.5) is 13.2 Å². The van der Waals surface area contributed by atoms with Gasteiger partial charge in [-0.15, -0.1) is 12.4 Å². The monoisotopic (exact) mass is 432 g/mol. The highest BCUT2D eigenvalue weighted by atomic mass is 35.5. The smallest absolute Gasteiger partial charge is 0.351 e. The number of aromatic nitrogens is 2. The van der Waals surface area contributed by atoms with E-state index in [1.54, 1.807) is 26.0 Å². The summed E-state index contributed by atoms with van der Waals surface area (Å²) in [6.45, 7) is 7.19. The first-order valence-corrected chi connectivity index (χ1v) is 9.30. The molecule has 1 heterocycles. The molecule has 1 amide bonds. The molecule has 29 heavy (non-hydrogen) atoms. The second-order valence-corrected chi connectivity index (χ2v) is 7.05. The Morgan fingerprint density at radius 3 is 2.24 bits per heavy atom. The van der Waals surface area contributed by atoms with Gasteiger partial charge in [0, 0.05) is 18.8 Å². The number of nitrogens with zero attached hydrogens (tertiary/aromatic N) is 2. The number of nitrogens with two attached hydrogens (primary N) is 1. The summed E-state index contributed by atoms with van der Waals surface area (Å²) < 4.78 is 42.4. The van der Waals surface area contributed by atoms with E-state index in [2.05, 4.69) is 10.4 Å². The molecular formula is C20H28ClF3N4O. The van der Waals surface area contributed by atoms with Crippen LogP contribution in [0.2, 0.25) is 0 Å². The molecule has 162 valence electrons. The molecule has 0 aliphatic carbocycles. The molecule has 0 aliphatic rings. The molecule has 1 aromatic carbocycles. The quantitative estimate of drug-likeness (QED) is 0.684. The van der Waals surface area contributed by atoms with Gasteiger partial charge in [-0.05, 0) is 50.5 Å². The molecule has 0 saturated heterocycles. The van der Waals surface area contributed by atoms with Crippen molar-refractivity contribution in [2.24, 2.45) is 11.1 Å². The number of carbonyl (C=O) groups excluding carboxylic acids is 1. The van der Waals surface area contributed by atoms with Gasteiger partial charge in [-0.2, -0.15) is 18.3 Å². The minimum atomic E-state index is -4.55. The Morgan fingerprint density at radius 1 is 1.17 bits per heavy atom. The molecule has 0 radical (unpaired) electrons. The van der Waals surface area contributed by atoms with Crippen LogP contribution in [0.5, 0.6) is 0 Å². The van der Waals surface area contributed by atoms with E-state index in [0.717, 1.165) is 17.5 Å². The third-order valence-electron chi connectivity index (χ3n) is 5.32. The number of carbonyl (C=O) groups is 1.